The molecule has 0 amide bonds. The van der Waals surface area contributed by atoms with Gasteiger partial charge in [-0.25, -0.2) is 4.79 Å². The van der Waals surface area contributed by atoms with Gasteiger partial charge in [-0.2, -0.15) is 8.78 Å². The molecule has 0 aliphatic carbocycles. The van der Waals surface area contributed by atoms with Crippen molar-refractivity contribution < 1.29 is 32.3 Å². The Bertz CT molecular complexity index is 370. The first kappa shape index (κ1) is 14.6. The third kappa shape index (κ3) is 3.04. The molecule has 0 saturated heterocycles. The summed E-state index contributed by atoms with van der Waals surface area (Å²) in [6, 6.07) is 0. The molecular weight excluding hydrogens is 245 g/mol. The summed E-state index contributed by atoms with van der Waals surface area (Å²) in [4.78, 5) is 10.2. The van der Waals surface area contributed by atoms with Crippen LogP contribution in [0.25, 0.3) is 0 Å². The lowest BCUT2D eigenvalue weighted by Crippen LogP contribution is -2.30. The molecule has 0 spiro atoms. The van der Waals surface area contributed by atoms with Gasteiger partial charge in [-0.05, 0) is 0 Å². The predicted molar refractivity (Wildman–Crippen MR) is 49.8 cm³/mol. The zero-order valence-electron chi connectivity index (χ0n) is 7.85. The summed E-state index contributed by atoms with van der Waals surface area (Å²) >= 11 is 0. The first-order valence-electron chi connectivity index (χ1n) is 3.69. The number of hydrogen-bond donors (Lipinski definition) is 1. The van der Waals surface area contributed by atoms with Gasteiger partial charge >= 0.3 is 19.2 Å². The van der Waals surface area contributed by atoms with Crippen molar-refractivity contribution in [3.63, 3.8) is 0 Å². The summed E-state index contributed by atoms with van der Waals surface area (Å²) < 4.78 is 45.6. The van der Waals surface area contributed by atoms with Crippen molar-refractivity contribution in [3.8, 4) is 24.7 Å². The van der Waals surface area contributed by atoms with Gasteiger partial charge in [-0.1, -0.05) is 11.8 Å². The summed E-state index contributed by atoms with van der Waals surface area (Å²) in [6.07, 6.45) is 9.40. The molecule has 16 heavy (non-hydrogen) atoms. The van der Waals surface area contributed by atoms with Gasteiger partial charge in [0.25, 0.3) is 0 Å². The van der Waals surface area contributed by atoms with E-state index in [2.05, 4.69) is 9.05 Å². The highest BCUT2D eigenvalue weighted by atomic mass is 31.2. The Morgan fingerprint density at radius 1 is 1.31 bits per heavy atom. The second kappa shape index (κ2) is 5.62. The van der Waals surface area contributed by atoms with Gasteiger partial charge in [0.1, 0.15) is 13.2 Å². The van der Waals surface area contributed by atoms with Gasteiger partial charge in [0.15, 0.2) is 0 Å². The lowest BCUT2D eigenvalue weighted by Gasteiger charge is -2.21. The van der Waals surface area contributed by atoms with Gasteiger partial charge in [0.2, 0.25) is 0 Å². The van der Waals surface area contributed by atoms with Crippen LogP contribution in [0.2, 0.25) is 0 Å². The molecule has 0 unspecified atom stereocenters. The molecule has 0 fully saturated rings. The third-order valence-electron chi connectivity index (χ3n) is 1.24. The molecule has 0 rings (SSSR count). The number of carboxylic acids is 1. The van der Waals surface area contributed by atoms with Crippen molar-refractivity contribution in [2.75, 3.05) is 13.2 Å². The van der Waals surface area contributed by atoms with E-state index in [9.17, 15) is 18.1 Å². The summed E-state index contributed by atoms with van der Waals surface area (Å²) in [5.41, 5.74) is -4.71. The highest BCUT2D eigenvalue weighted by Gasteiger charge is 2.60. The number of carbonyl (C=O) groups is 1. The van der Waals surface area contributed by atoms with Crippen LogP contribution in [0.15, 0.2) is 0 Å². The fourth-order valence-corrected chi connectivity index (χ4v) is 1.68. The van der Waals surface area contributed by atoms with Crippen LogP contribution in [-0.4, -0.2) is 30.0 Å². The van der Waals surface area contributed by atoms with Gasteiger partial charge in [-0.3, -0.25) is 13.6 Å². The predicted octanol–water partition coefficient (Wildman–Crippen LogP) is 1.16. The molecule has 0 aromatic heterocycles. The van der Waals surface area contributed by atoms with Crippen molar-refractivity contribution in [1.29, 1.82) is 0 Å². The zero-order chi connectivity index (χ0) is 12.8. The van der Waals surface area contributed by atoms with Crippen LogP contribution in [-0.2, 0) is 18.4 Å². The molecule has 0 heterocycles. The van der Waals surface area contributed by atoms with Gasteiger partial charge in [0, 0.05) is 0 Å². The average Bonchev–Trinajstić information content (AvgIpc) is 2.23. The molecule has 0 aliphatic rings. The highest BCUT2D eigenvalue weighted by Crippen LogP contribution is 2.61. The minimum Gasteiger partial charge on any atom is -0.476 e. The molecule has 1 N–H and O–H groups in total. The van der Waals surface area contributed by atoms with Gasteiger partial charge in [-0.15, -0.1) is 12.8 Å². The highest BCUT2D eigenvalue weighted by molar-refractivity contribution is 7.56. The molecular formula is C8H7F2O5P. The van der Waals surface area contributed by atoms with Crippen LogP contribution in [0.5, 0.6) is 0 Å². The third-order valence-corrected chi connectivity index (χ3v) is 3.05. The van der Waals surface area contributed by atoms with E-state index in [-0.39, 0.29) is 0 Å². The lowest BCUT2D eigenvalue weighted by atomic mass is 10.7. The van der Waals surface area contributed by atoms with E-state index in [1.54, 1.807) is 11.8 Å². The Morgan fingerprint density at radius 3 is 1.94 bits per heavy atom. The average molecular weight is 252 g/mol. The van der Waals surface area contributed by atoms with E-state index in [4.69, 9.17) is 18.0 Å². The number of hydrogen-bond acceptors (Lipinski definition) is 4. The molecule has 0 saturated carbocycles. The van der Waals surface area contributed by atoms with Crippen LogP contribution in [0, 0.1) is 24.7 Å². The molecule has 0 bridgehead atoms. The van der Waals surface area contributed by atoms with E-state index < -0.39 is 32.4 Å². The van der Waals surface area contributed by atoms with Gasteiger partial charge < -0.3 is 5.11 Å². The lowest BCUT2D eigenvalue weighted by molar-refractivity contribution is -0.156. The van der Waals surface area contributed by atoms with E-state index in [0.717, 1.165) is 0 Å². The Hall–Kier alpha value is -1.40. The van der Waals surface area contributed by atoms with Crippen LogP contribution in [0.4, 0.5) is 8.78 Å². The first-order chi connectivity index (χ1) is 7.31. The van der Waals surface area contributed by atoms with E-state index >= 15 is 0 Å². The molecule has 0 aliphatic heterocycles. The zero-order valence-corrected chi connectivity index (χ0v) is 8.75. The molecule has 0 aromatic rings. The van der Waals surface area contributed by atoms with Crippen LogP contribution in [0.3, 0.4) is 0 Å². The minimum atomic E-state index is -5.23. The summed E-state index contributed by atoms with van der Waals surface area (Å²) in [7, 11) is -5.23. The smallest absolute Gasteiger partial charge is 0.440 e. The fraction of sp³-hybridized carbons (Fsp3) is 0.375. The molecule has 0 radical (unpaired) electrons. The number of carboxylic acid groups (broad SMARTS) is 1. The van der Waals surface area contributed by atoms with E-state index in [0.29, 0.717) is 0 Å². The number of aliphatic carboxylic acids is 1. The minimum absolute atomic E-state index is 0.787. The monoisotopic (exact) mass is 252 g/mol. The largest absolute Gasteiger partial charge is 0.476 e. The van der Waals surface area contributed by atoms with E-state index in [1.165, 1.54) is 0 Å². The second-order valence-electron chi connectivity index (χ2n) is 2.30. The quantitative estimate of drug-likeness (QED) is 0.567. The summed E-state index contributed by atoms with van der Waals surface area (Å²) in [5, 5.41) is 8.19. The molecule has 88 valence electrons. The van der Waals surface area contributed by atoms with E-state index in [1.807, 2.05) is 0 Å². The van der Waals surface area contributed by atoms with Crippen molar-refractivity contribution in [2.24, 2.45) is 0 Å². The topological polar surface area (TPSA) is 72.8 Å². The maximum atomic E-state index is 13.0. The number of terminal acetylenes is 2. The standard InChI is InChI=1S/C8H7F2O5P/c1-3-5-14-16(13,15-6-4-2)8(9,10)7(11)12/h1-2H,5-6H2,(H,11,12). The van der Waals surface area contributed by atoms with Crippen LogP contribution >= 0.6 is 7.60 Å². The van der Waals surface area contributed by atoms with Crippen molar-refractivity contribution in [2.45, 2.75) is 5.66 Å². The van der Waals surface area contributed by atoms with Gasteiger partial charge in [0.05, 0.1) is 0 Å². The Labute approximate surface area is 90.3 Å². The Morgan fingerprint density at radius 2 is 1.69 bits per heavy atom. The maximum Gasteiger partial charge on any atom is 0.440 e. The maximum absolute atomic E-state index is 13.0. The fourth-order valence-electron chi connectivity index (χ4n) is 0.561. The number of rotatable bonds is 6. The van der Waals surface area contributed by atoms with Crippen molar-refractivity contribution >= 4 is 13.6 Å². The summed E-state index contributed by atoms with van der Waals surface area (Å²) in [6.45, 7) is -1.57. The van der Waals surface area contributed by atoms with Crippen LogP contribution in [0.1, 0.15) is 0 Å². The molecule has 5 nitrogen and oxygen atoms in total. The normalized spacial score (nSPS) is 11.5. The number of halogens is 2. The molecule has 8 heteroatoms. The van der Waals surface area contributed by atoms with Crippen molar-refractivity contribution in [3.05, 3.63) is 0 Å². The molecule has 0 atom stereocenters. The number of alkyl halides is 2. The Kier molecular flexibility index (Phi) is 5.13. The van der Waals surface area contributed by atoms with Crippen molar-refractivity contribution in [1.82, 2.24) is 0 Å². The SMILES string of the molecule is C#CCOP(=O)(OCC#C)C(F)(F)C(=O)O. The summed E-state index contributed by atoms with van der Waals surface area (Å²) in [5.74, 6) is 0.869. The second-order valence-corrected chi connectivity index (χ2v) is 4.37. The molecule has 0 aromatic carbocycles. The first-order valence-corrected chi connectivity index (χ1v) is 5.23. The Balaban J connectivity index is 5.09. The van der Waals surface area contributed by atoms with Crippen LogP contribution < -0.4 is 0 Å².